The van der Waals surface area contributed by atoms with Gasteiger partial charge in [0.15, 0.2) is 0 Å². The lowest BCUT2D eigenvalue weighted by molar-refractivity contribution is 0.421. The first-order valence-electron chi connectivity index (χ1n) is 2.73. The number of aliphatic hydroxyl groups is 1. The van der Waals surface area contributed by atoms with Crippen LogP contribution in [0.15, 0.2) is 24.0 Å². The van der Waals surface area contributed by atoms with Gasteiger partial charge < -0.3 is 5.11 Å². The third-order valence-electron chi connectivity index (χ3n) is 0.835. The molecule has 0 radical (unpaired) electrons. The molecule has 0 saturated carbocycles. The number of hydrogen-bond acceptors (Lipinski definition) is 1. The molecule has 0 spiro atoms. The summed E-state index contributed by atoms with van der Waals surface area (Å²) in [5.74, 6) is 0.313. The number of hydrogen-bond donors (Lipinski definition) is 1. The van der Waals surface area contributed by atoms with Gasteiger partial charge in [-0.3, -0.25) is 0 Å². The van der Waals surface area contributed by atoms with Crippen LogP contribution in [-0.2, 0) is 0 Å². The first kappa shape index (κ1) is 7.28. The Balaban J connectivity index is 3.80. The van der Waals surface area contributed by atoms with Crippen LogP contribution < -0.4 is 0 Å². The Labute approximate surface area is 50.3 Å². The van der Waals surface area contributed by atoms with E-state index in [2.05, 4.69) is 6.58 Å². The van der Waals surface area contributed by atoms with E-state index in [4.69, 9.17) is 5.11 Å². The standard InChI is InChI=1S/C7H12O/c1-4-5-7(8)6(2)3/h5,8H,2,4H2,1,3H3/b7-5-. The zero-order valence-corrected chi connectivity index (χ0v) is 5.44. The molecule has 1 heteroatoms. The molecular weight excluding hydrogens is 100 g/mol. The third kappa shape index (κ3) is 2.45. The van der Waals surface area contributed by atoms with Crippen molar-refractivity contribution in [3.05, 3.63) is 24.0 Å². The van der Waals surface area contributed by atoms with Gasteiger partial charge in [-0.25, -0.2) is 0 Å². The van der Waals surface area contributed by atoms with Crippen LogP contribution in [0, 0.1) is 0 Å². The number of allylic oxidation sites excluding steroid dienone is 2. The normalized spacial score (nSPS) is 11.5. The van der Waals surface area contributed by atoms with Crippen molar-refractivity contribution in [2.24, 2.45) is 0 Å². The van der Waals surface area contributed by atoms with Gasteiger partial charge in [-0.15, -0.1) is 0 Å². The summed E-state index contributed by atoms with van der Waals surface area (Å²) in [4.78, 5) is 0. The van der Waals surface area contributed by atoms with Crippen LogP contribution >= 0.6 is 0 Å². The lowest BCUT2D eigenvalue weighted by Gasteiger charge is -1.93. The van der Waals surface area contributed by atoms with Gasteiger partial charge >= 0.3 is 0 Å². The average Bonchev–Trinajstić information content (AvgIpc) is 1.67. The van der Waals surface area contributed by atoms with Gasteiger partial charge in [-0.05, 0) is 25.0 Å². The highest BCUT2D eigenvalue weighted by atomic mass is 16.3. The van der Waals surface area contributed by atoms with Crippen LogP contribution in [0.5, 0.6) is 0 Å². The zero-order chi connectivity index (χ0) is 6.57. The molecule has 0 aromatic rings. The van der Waals surface area contributed by atoms with Crippen molar-refractivity contribution in [3.8, 4) is 0 Å². The second kappa shape index (κ2) is 3.30. The van der Waals surface area contributed by atoms with Crippen molar-refractivity contribution in [3.63, 3.8) is 0 Å². The molecule has 1 nitrogen and oxygen atoms in total. The van der Waals surface area contributed by atoms with Crippen LogP contribution in [0.4, 0.5) is 0 Å². The topological polar surface area (TPSA) is 20.2 Å². The highest BCUT2D eigenvalue weighted by molar-refractivity contribution is 5.17. The SMILES string of the molecule is C=C(C)/C(O)=C/CC. The van der Waals surface area contributed by atoms with Crippen LogP contribution in [0.1, 0.15) is 20.3 Å². The fourth-order valence-electron chi connectivity index (χ4n) is 0.368. The lowest BCUT2D eigenvalue weighted by atomic mass is 10.2. The lowest BCUT2D eigenvalue weighted by Crippen LogP contribution is -1.78. The molecule has 0 aromatic heterocycles. The average molecular weight is 112 g/mol. The molecule has 0 atom stereocenters. The molecule has 46 valence electrons. The van der Waals surface area contributed by atoms with Gasteiger partial charge in [0.05, 0.1) is 0 Å². The molecule has 0 aromatic carbocycles. The number of rotatable bonds is 2. The summed E-state index contributed by atoms with van der Waals surface area (Å²) in [5, 5.41) is 8.89. The van der Waals surface area contributed by atoms with E-state index in [0.29, 0.717) is 5.76 Å². The van der Waals surface area contributed by atoms with Crippen molar-refractivity contribution in [2.45, 2.75) is 20.3 Å². The molecule has 0 rings (SSSR count). The molecule has 0 unspecified atom stereocenters. The molecule has 0 fully saturated rings. The molecule has 0 saturated heterocycles. The second-order valence-corrected chi connectivity index (χ2v) is 1.78. The summed E-state index contributed by atoms with van der Waals surface area (Å²) in [6.45, 7) is 7.31. The molecule has 1 N–H and O–H groups in total. The van der Waals surface area contributed by atoms with Crippen LogP contribution in [0.25, 0.3) is 0 Å². The Kier molecular flexibility index (Phi) is 3.01. The maximum Gasteiger partial charge on any atom is 0.113 e. The molecule has 0 aliphatic heterocycles. The van der Waals surface area contributed by atoms with E-state index in [1.54, 1.807) is 13.0 Å². The molecule has 8 heavy (non-hydrogen) atoms. The van der Waals surface area contributed by atoms with Gasteiger partial charge in [-0.1, -0.05) is 13.5 Å². The first-order chi connectivity index (χ1) is 3.68. The summed E-state index contributed by atoms with van der Waals surface area (Å²) >= 11 is 0. The predicted octanol–water partition coefficient (Wildman–Crippen LogP) is 2.41. The Morgan fingerprint density at radius 3 is 2.38 bits per heavy atom. The van der Waals surface area contributed by atoms with Gasteiger partial charge in [0.2, 0.25) is 0 Å². The van der Waals surface area contributed by atoms with Crippen molar-refractivity contribution >= 4 is 0 Å². The maximum absolute atomic E-state index is 8.89. The van der Waals surface area contributed by atoms with E-state index in [-0.39, 0.29) is 0 Å². The van der Waals surface area contributed by atoms with Crippen LogP contribution in [-0.4, -0.2) is 5.11 Å². The zero-order valence-electron chi connectivity index (χ0n) is 5.44. The smallest absolute Gasteiger partial charge is 0.113 e. The van der Waals surface area contributed by atoms with Crippen molar-refractivity contribution in [1.82, 2.24) is 0 Å². The number of aliphatic hydroxyl groups excluding tert-OH is 1. The van der Waals surface area contributed by atoms with E-state index in [1.165, 1.54) is 0 Å². The van der Waals surface area contributed by atoms with E-state index >= 15 is 0 Å². The molecule has 0 aliphatic rings. The van der Waals surface area contributed by atoms with E-state index in [0.717, 1.165) is 12.0 Å². The Morgan fingerprint density at radius 1 is 1.75 bits per heavy atom. The second-order valence-electron chi connectivity index (χ2n) is 1.78. The van der Waals surface area contributed by atoms with Gasteiger partial charge in [0.1, 0.15) is 5.76 Å². The van der Waals surface area contributed by atoms with Crippen LogP contribution in [0.3, 0.4) is 0 Å². The fraction of sp³-hybridized carbons (Fsp3) is 0.429. The summed E-state index contributed by atoms with van der Waals surface area (Å²) in [5.41, 5.74) is 0.729. The minimum atomic E-state index is 0.313. The van der Waals surface area contributed by atoms with Crippen molar-refractivity contribution < 1.29 is 5.11 Å². The van der Waals surface area contributed by atoms with Gasteiger partial charge in [-0.2, -0.15) is 0 Å². The van der Waals surface area contributed by atoms with E-state index < -0.39 is 0 Å². The van der Waals surface area contributed by atoms with E-state index in [1.807, 2.05) is 6.92 Å². The maximum atomic E-state index is 8.89. The minimum absolute atomic E-state index is 0.313. The predicted molar refractivity (Wildman–Crippen MR) is 35.8 cm³/mol. The highest BCUT2D eigenvalue weighted by Gasteiger charge is 1.87. The van der Waals surface area contributed by atoms with Gasteiger partial charge in [0.25, 0.3) is 0 Å². The highest BCUT2D eigenvalue weighted by Crippen LogP contribution is 2.01. The monoisotopic (exact) mass is 112 g/mol. The summed E-state index contributed by atoms with van der Waals surface area (Å²) < 4.78 is 0. The first-order valence-corrected chi connectivity index (χ1v) is 2.73. The molecular formula is C7H12O. The van der Waals surface area contributed by atoms with E-state index in [9.17, 15) is 0 Å². The largest absolute Gasteiger partial charge is 0.508 e. The molecule has 0 bridgehead atoms. The van der Waals surface area contributed by atoms with Crippen molar-refractivity contribution in [2.75, 3.05) is 0 Å². The van der Waals surface area contributed by atoms with Gasteiger partial charge in [0, 0.05) is 0 Å². The Morgan fingerprint density at radius 2 is 2.25 bits per heavy atom. The minimum Gasteiger partial charge on any atom is -0.508 e. The van der Waals surface area contributed by atoms with Crippen molar-refractivity contribution in [1.29, 1.82) is 0 Å². The summed E-state index contributed by atoms with van der Waals surface area (Å²) in [6, 6.07) is 0. The Bertz CT molecular complexity index is 112. The summed E-state index contributed by atoms with van der Waals surface area (Å²) in [7, 11) is 0. The molecule has 0 aliphatic carbocycles. The third-order valence-corrected chi connectivity index (χ3v) is 0.835. The molecule has 0 amide bonds. The fourth-order valence-corrected chi connectivity index (χ4v) is 0.368. The summed E-state index contributed by atoms with van der Waals surface area (Å²) in [6.07, 6.45) is 2.60. The van der Waals surface area contributed by atoms with Crippen LogP contribution in [0.2, 0.25) is 0 Å². The Hall–Kier alpha value is -0.720. The quantitative estimate of drug-likeness (QED) is 0.429. The molecule has 0 heterocycles.